The molecule has 1 amide bonds. The van der Waals surface area contributed by atoms with Gasteiger partial charge >= 0.3 is 0 Å². The van der Waals surface area contributed by atoms with E-state index in [1.807, 2.05) is 37.3 Å². The van der Waals surface area contributed by atoms with Crippen molar-refractivity contribution in [3.05, 3.63) is 52.0 Å². The molecule has 11 heteroatoms. The van der Waals surface area contributed by atoms with Crippen LogP contribution in [0.5, 0.6) is 23.0 Å². The van der Waals surface area contributed by atoms with E-state index in [4.69, 9.17) is 24.4 Å². The Balaban J connectivity index is 1.36. The van der Waals surface area contributed by atoms with E-state index >= 15 is 0 Å². The van der Waals surface area contributed by atoms with Crippen molar-refractivity contribution < 1.29 is 23.7 Å². The third kappa shape index (κ3) is 8.38. The molecule has 2 aromatic carbocycles. The van der Waals surface area contributed by atoms with Crippen molar-refractivity contribution in [1.82, 2.24) is 5.01 Å². The lowest BCUT2D eigenvalue weighted by Gasteiger charge is -2.20. The van der Waals surface area contributed by atoms with Crippen LogP contribution < -0.4 is 18.9 Å². The standard InChI is InChI=1S/C31H37BrN4O5S/c1-4-7-8-9-15-39-22-11-13-23(14-12-22)40-16-17-41-28-25(32)19-21(20-26(28)38-6-3)18-24-29(33)36-31(34-30(24)37)42-27(35-36)10-5-2/h11-14,18-20,33H,4-10,15-17H2,1-3H3/b24-18-,33-29?. The molecule has 2 aromatic rings. The van der Waals surface area contributed by atoms with Gasteiger partial charge in [0.05, 0.1) is 23.3 Å². The monoisotopic (exact) mass is 656 g/mol. The van der Waals surface area contributed by atoms with Crippen LogP contribution >= 0.6 is 27.7 Å². The van der Waals surface area contributed by atoms with Gasteiger partial charge in [0.1, 0.15) is 29.8 Å². The van der Waals surface area contributed by atoms with E-state index in [-0.39, 0.29) is 11.4 Å². The zero-order chi connectivity index (χ0) is 29.9. The highest BCUT2D eigenvalue weighted by Gasteiger charge is 2.35. The molecule has 4 rings (SSSR count). The van der Waals surface area contributed by atoms with Crippen LogP contribution in [-0.2, 0) is 4.79 Å². The lowest BCUT2D eigenvalue weighted by molar-refractivity contribution is -0.114. The second kappa shape index (κ2) is 15.8. The fraction of sp³-hybridized carbons (Fsp3) is 0.419. The van der Waals surface area contributed by atoms with E-state index in [0.717, 1.165) is 42.4 Å². The molecule has 224 valence electrons. The van der Waals surface area contributed by atoms with E-state index in [1.165, 1.54) is 36.0 Å². The first kappa shape index (κ1) is 31.6. The molecular weight excluding hydrogens is 620 g/mol. The van der Waals surface area contributed by atoms with Crippen molar-refractivity contribution in [2.24, 2.45) is 10.1 Å². The molecule has 0 radical (unpaired) electrons. The molecule has 42 heavy (non-hydrogen) atoms. The predicted molar refractivity (Wildman–Crippen MR) is 172 cm³/mol. The van der Waals surface area contributed by atoms with E-state index in [2.05, 4.69) is 39.9 Å². The summed E-state index contributed by atoms with van der Waals surface area (Å²) in [5.74, 6) is 2.14. The smallest absolute Gasteiger partial charge is 0.283 e. The average Bonchev–Trinajstić information content (AvgIpc) is 3.38. The minimum Gasteiger partial charge on any atom is -0.494 e. The van der Waals surface area contributed by atoms with Crippen molar-refractivity contribution in [3.63, 3.8) is 0 Å². The first-order valence-corrected chi connectivity index (χ1v) is 16.0. The number of ether oxygens (including phenoxy) is 4. The van der Waals surface area contributed by atoms with Crippen molar-refractivity contribution in [2.75, 3.05) is 26.4 Å². The maximum absolute atomic E-state index is 12.8. The SMILES string of the molecule is CCCCCCOc1ccc(OCCOc2c(Br)cc(/C=C3/C(=N)N4N=C(CCC)SC4=NC3=O)cc2OCC)cc1. The topological polar surface area (TPSA) is 106 Å². The van der Waals surface area contributed by atoms with Gasteiger partial charge in [0.15, 0.2) is 17.3 Å². The Bertz CT molecular complexity index is 1360. The molecule has 1 N–H and O–H groups in total. The zero-order valence-corrected chi connectivity index (χ0v) is 26.7. The Kier molecular flexibility index (Phi) is 11.9. The summed E-state index contributed by atoms with van der Waals surface area (Å²) in [6.45, 7) is 7.92. The van der Waals surface area contributed by atoms with Crippen LogP contribution in [0.1, 0.15) is 64.9 Å². The number of carbonyl (C=O) groups is 1. The third-order valence-electron chi connectivity index (χ3n) is 6.29. The van der Waals surface area contributed by atoms with Gasteiger partial charge in [-0.3, -0.25) is 10.2 Å². The number of hydrazone groups is 1. The molecule has 0 aliphatic carbocycles. The van der Waals surface area contributed by atoms with Crippen LogP contribution in [0.25, 0.3) is 6.08 Å². The number of amides is 1. The van der Waals surface area contributed by atoms with Crippen molar-refractivity contribution in [2.45, 2.75) is 59.3 Å². The summed E-state index contributed by atoms with van der Waals surface area (Å²) in [4.78, 5) is 17.0. The van der Waals surface area contributed by atoms with Gasteiger partial charge in [-0.2, -0.15) is 15.1 Å². The molecule has 0 spiro atoms. The Morgan fingerprint density at radius 3 is 2.33 bits per heavy atom. The first-order chi connectivity index (χ1) is 20.4. The van der Waals surface area contributed by atoms with Crippen LogP contribution in [0.15, 0.2) is 56.5 Å². The summed E-state index contributed by atoms with van der Waals surface area (Å²) in [5, 5.41) is 15.8. The van der Waals surface area contributed by atoms with Gasteiger partial charge in [0.2, 0.25) is 5.17 Å². The highest BCUT2D eigenvalue weighted by molar-refractivity contribution is 9.10. The van der Waals surface area contributed by atoms with E-state index in [9.17, 15) is 4.79 Å². The molecule has 0 bridgehead atoms. The van der Waals surface area contributed by atoms with E-state index in [0.29, 0.717) is 46.5 Å². The van der Waals surface area contributed by atoms with Crippen molar-refractivity contribution >= 4 is 55.7 Å². The predicted octanol–water partition coefficient (Wildman–Crippen LogP) is 7.68. The second-order valence-electron chi connectivity index (χ2n) is 9.60. The van der Waals surface area contributed by atoms with Crippen LogP contribution in [-0.4, -0.2) is 53.4 Å². The van der Waals surface area contributed by atoms with Crippen LogP contribution in [0, 0.1) is 5.41 Å². The number of halogens is 1. The molecule has 0 atom stereocenters. The quantitative estimate of drug-likeness (QED) is 0.146. The number of amidine groups is 2. The molecule has 9 nitrogen and oxygen atoms in total. The lowest BCUT2D eigenvalue weighted by Crippen LogP contribution is -2.35. The minimum atomic E-state index is -0.468. The normalized spacial score (nSPS) is 15.4. The molecule has 2 aliphatic rings. The number of hydrogen-bond donors (Lipinski definition) is 1. The summed E-state index contributed by atoms with van der Waals surface area (Å²) >= 11 is 4.92. The number of carbonyl (C=O) groups excluding carboxylic acids is 1. The van der Waals surface area contributed by atoms with Crippen LogP contribution in [0.4, 0.5) is 0 Å². The number of thioether (sulfide) groups is 1. The summed E-state index contributed by atoms with van der Waals surface area (Å²) in [6.07, 6.45) is 8.02. The Morgan fingerprint density at radius 2 is 1.64 bits per heavy atom. The Morgan fingerprint density at radius 1 is 0.929 bits per heavy atom. The van der Waals surface area contributed by atoms with Gasteiger partial charge in [-0.15, -0.1) is 0 Å². The summed E-state index contributed by atoms with van der Waals surface area (Å²) in [5.41, 5.74) is 0.822. The summed E-state index contributed by atoms with van der Waals surface area (Å²) in [7, 11) is 0. The van der Waals surface area contributed by atoms with Crippen molar-refractivity contribution in [1.29, 1.82) is 5.41 Å². The van der Waals surface area contributed by atoms with Gasteiger partial charge in [-0.1, -0.05) is 33.1 Å². The average molecular weight is 658 g/mol. The fourth-order valence-electron chi connectivity index (χ4n) is 4.24. The molecule has 2 aliphatic heterocycles. The fourth-order valence-corrected chi connectivity index (χ4v) is 5.80. The number of hydrogen-bond acceptors (Lipinski definition) is 8. The lowest BCUT2D eigenvalue weighted by atomic mass is 10.1. The van der Waals surface area contributed by atoms with Crippen LogP contribution in [0.2, 0.25) is 0 Å². The van der Waals surface area contributed by atoms with E-state index in [1.54, 1.807) is 12.1 Å². The second-order valence-corrected chi connectivity index (χ2v) is 11.5. The number of benzene rings is 2. The minimum absolute atomic E-state index is 0.00160. The van der Waals surface area contributed by atoms with Gasteiger partial charge in [-0.05, 0) is 102 Å². The number of fused-ring (bicyclic) bond motifs is 1. The van der Waals surface area contributed by atoms with Gasteiger partial charge < -0.3 is 18.9 Å². The van der Waals surface area contributed by atoms with Crippen LogP contribution in [0.3, 0.4) is 0 Å². The number of aliphatic imine (C=N–C) groups is 1. The molecule has 2 heterocycles. The summed E-state index contributed by atoms with van der Waals surface area (Å²) < 4.78 is 24.2. The Hall–Kier alpha value is -3.31. The molecule has 0 saturated heterocycles. The van der Waals surface area contributed by atoms with E-state index < -0.39 is 5.91 Å². The van der Waals surface area contributed by atoms with Gasteiger partial charge in [0, 0.05) is 0 Å². The highest BCUT2D eigenvalue weighted by atomic mass is 79.9. The number of nitrogens with one attached hydrogen (secondary N) is 1. The maximum atomic E-state index is 12.8. The molecule has 0 aromatic heterocycles. The largest absolute Gasteiger partial charge is 0.494 e. The van der Waals surface area contributed by atoms with Gasteiger partial charge in [-0.25, -0.2) is 0 Å². The van der Waals surface area contributed by atoms with Gasteiger partial charge in [0.25, 0.3) is 5.91 Å². The molecule has 0 fully saturated rings. The number of unbranched alkanes of at least 4 members (excludes halogenated alkanes) is 3. The molecule has 0 unspecified atom stereocenters. The third-order valence-corrected chi connectivity index (χ3v) is 7.85. The van der Waals surface area contributed by atoms with Crippen molar-refractivity contribution in [3.8, 4) is 23.0 Å². The Labute approximate surface area is 260 Å². The maximum Gasteiger partial charge on any atom is 0.283 e. The molecular formula is C31H37BrN4O5S. The number of nitrogens with zero attached hydrogens (tertiary/aromatic N) is 3. The number of rotatable bonds is 16. The first-order valence-electron chi connectivity index (χ1n) is 14.4. The highest BCUT2D eigenvalue weighted by Crippen LogP contribution is 2.38. The molecule has 0 saturated carbocycles. The summed E-state index contributed by atoms with van der Waals surface area (Å²) in [6, 6.07) is 11.2. The zero-order valence-electron chi connectivity index (χ0n) is 24.3.